The molecule has 0 radical (unpaired) electrons. The van der Waals surface area contributed by atoms with Crippen LogP contribution in [0, 0.1) is 18.6 Å². The van der Waals surface area contributed by atoms with Gasteiger partial charge in [0.2, 0.25) is 0 Å². The Kier molecular flexibility index (Phi) is 4.83. The van der Waals surface area contributed by atoms with Crippen LogP contribution in [-0.4, -0.2) is 18.4 Å². The Morgan fingerprint density at radius 3 is 2.50 bits per heavy atom. The van der Waals surface area contributed by atoms with Crippen LogP contribution in [0.5, 0.6) is 5.75 Å². The fraction of sp³-hybridized carbons (Fsp3) is 0.111. The molecule has 0 fully saturated rings. The summed E-state index contributed by atoms with van der Waals surface area (Å²) < 4.78 is 36.9. The van der Waals surface area contributed by atoms with Crippen LogP contribution in [0.1, 0.15) is 16.1 Å². The van der Waals surface area contributed by atoms with E-state index in [0.717, 1.165) is 0 Å². The first-order chi connectivity index (χ1) is 12.5. The highest BCUT2D eigenvalue weighted by atomic mass is 19.1. The second kappa shape index (κ2) is 7.22. The van der Waals surface area contributed by atoms with E-state index in [2.05, 4.69) is 10.9 Å². The topological polar surface area (TPSA) is 80.6 Å². The summed E-state index contributed by atoms with van der Waals surface area (Å²) in [5, 5.41) is 0.473. The number of nitrogens with one attached hydrogen (secondary N) is 2. The van der Waals surface area contributed by atoms with Crippen molar-refractivity contribution in [1.82, 2.24) is 10.9 Å². The molecule has 3 rings (SSSR count). The number of halogens is 2. The fourth-order valence-electron chi connectivity index (χ4n) is 2.32. The smallest absolute Gasteiger partial charge is 0.305 e. The molecule has 0 unspecified atom stereocenters. The summed E-state index contributed by atoms with van der Waals surface area (Å²) in [6.07, 6.45) is 0. The van der Waals surface area contributed by atoms with Crippen LogP contribution in [-0.2, 0) is 4.79 Å². The summed E-state index contributed by atoms with van der Waals surface area (Å²) >= 11 is 0. The van der Waals surface area contributed by atoms with Crippen molar-refractivity contribution >= 4 is 22.8 Å². The van der Waals surface area contributed by atoms with Crippen LogP contribution in [0.15, 0.2) is 46.9 Å². The zero-order chi connectivity index (χ0) is 18.7. The number of hydrogen-bond acceptors (Lipinski definition) is 4. The number of fused-ring (bicyclic) bond motifs is 1. The maximum atomic E-state index is 13.7. The summed E-state index contributed by atoms with van der Waals surface area (Å²) in [6, 6.07) is 9.49. The lowest BCUT2D eigenvalue weighted by Gasteiger charge is -2.08. The quantitative estimate of drug-likeness (QED) is 0.701. The van der Waals surface area contributed by atoms with Crippen LogP contribution >= 0.6 is 0 Å². The molecule has 2 N–H and O–H groups in total. The van der Waals surface area contributed by atoms with Gasteiger partial charge < -0.3 is 9.15 Å². The van der Waals surface area contributed by atoms with Crippen molar-refractivity contribution < 1.29 is 27.5 Å². The Labute approximate surface area is 146 Å². The van der Waals surface area contributed by atoms with E-state index in [9.17, 15) is 18.4 Å². The summed E-state index contributed by atoms with van der Waals surface area (Å²) in [6.45, 7) is 1.22. The molecule has 3 aromatic rings. The summed E-state index contributed by atoms with van der Waals surface area (Å²) in [7, 11) is 0. The lowest BCUT2D eigenvalue weighted by Crippen LogP contribution is -2.43. The predicted molar refractivity (Wildman–Crippen MR) is 88.4 cm³/mol. The van der Waals surface area contributed by atoms with Crippen molar-refractivity contribution in [1.29, 1.82) is 0 Å². The minimum absolute atomic E-state index is 0.0267. The van der Waals surface area contributed by atoms with Crippen molar-refractivity contribution in [2.24, 2.45) is 0 Å². The van der Waals surface area contributed by atoms with E-state index in [4.69, 9.17) is 9.15 Å². The van der Waals surface area contributed by atoms with Crippen molar-refractivity contribution in [3.05, 3.63) is 65.4 Å². The van der Waals surface area contributed by atoms with Crippen molar-refractivity contribution in [3.63, 3.8) is 0 Å². The number of benzene rings is 2. The Bertz CT molecular complexity index is 967. The van der Waals surface area contributed by atoms with Crippen LogP contribution in [0.2, 0.25) is 0 Å². The monoisotopic (exact) mass is 360 g/mol. The number of furan rings is 1. The molecule has 2 aromatic carbocycles. The molecule has 0 saturated heterocycles. The molecule has 0 bridgehead atoms. The van der Waals surface area contributed by atoms with Gasteiger partial charge in [0.1, 0.15) is 11.6 Å². The number of aryl methyl sites for hydroxylation is 1. The lowest BCUT2D eigenvalue weighted by atomic mass is 10.1. The predicted octanol–water partition coefficient (Wildman–Crippen LogP) is 2.86. The normalized spacial score (nSPS) is 10.6. The second-order valence-corrected chi connectivity index (χ2v) is 5.42. The Hall–Kier alpha value is -3.42. The first-order valence-corrected chi connectivity index (χ1v) is 7.61. The molecule has 0 aliphatic rings. The Morgan fingerprint density at radius 1 is 1.08 bits per heavy atom. The van der Waals surface area contributed by atoms with Crippen LogP contribution < -0.4 is 15.6 Å². The van der Waals surface area contributed by atoms with Crippen molar-refractivity contribution in [2.75, 3.05) is 6.61 Å². The van der Waals surface area contributed by atoms with E-state index in [1.54, 1.807) is 13.0 Å². The zero-order valence-electron chi connectivity index (χ0n) is 13.6. The number of rotatable bonds is 4. The third-order valence-electron chi connectivity index (χ3n) is 3.62. The number of hydrazine groups is 1. The minimum atomic E-state index is -0.728. The van der Waals surface area contributed by atoms with Gasteiger partial charge in [0.05, 0.1) is 0 Å². The SMILES string of the molecule is Cc1c(C(=O)NNC(=O)COc2ccc(F)cc2)oc2c(F)cccc12. The second-order valence-electron chi connectivity index (χ2n) is 5.42. The molecular formula is C18H14F2N2O4. The molecule has 8 heteroatoms. The number of para-hydroxylation sites is 1. The number of carbonyl (C=O) groups excluding carboxylic acids is 2. The van der Waals surface area contributed by atoms with Gasteiger partial charge in [-0.25, -0.2) is 8.78 Å². The standard InChI is InChI=1S/C18H14F2N2O4/c1-10-13-3-2-4-14(20)17(13)26-16(10)18(24)22-21-15(23)9-25-12-7-5-11(19)6-8-12/h2-8H,9H2,1H3,(H,21,23)(H,22,24). The van der Waals surface area contributed by atoms with E-state index < -0.39 is 23.4 Å². The average molecular weight is 360 g/mol. The van der Waals surface area contributed by atoms with Gasteiger partial charge >= 0.3 is 5.91 Å². The third kappa shape index (κ3) is 3.64. The zero-order valence-corrected chi connectivity index (χ0v) is 13.6. The molecule has 6 nitrogen and oxygen atoms in total. The van der Waals surface area contributed by atoms with Crippen LogP contribution in [0.4, 0.5) is 8.78 Å². The van der Waals surface area contributed by atoms with E-state index >= 15 is 0 Å². The molecule has 1 heterocycles. The average Bonchev–Trinajstić information content (AvgIpc) is 2.98. The van der Waals surface area contributed by atoms with Gasteiger partial charge in [-0.1, -0.05) is 12.1 Å². The van der Waals surface area contributed by atoms with Gasteiger partial charge in [0.15, 0.2) is 23.8 Å². The number of hydrogen-bond donors (Lipinski definition) is 2. The summed E-state index contributed by atoms with van der Waals surface area (Å²) in [5.41, 5.74) is 4.75. The molecule has 2 amide bonds. The van der Waals surface area contributed by atoms with E-state index in [-0.39, 0.29) is 18.0 Å². The van der Waals surface area contributed by atoms with Crippen molar-refractivity contribution in [2.45, 2.75) is 6.92 Å². The van der Waals surface area contributed by atoms with Gasteiger partial charge in [-0.15, -0.1) is 0 Å². The fourth-order valence-corrected chi connectivity index (χ4v) is 2.32. The first-order valence-electron chi connectivity index (χ1n) is 7.61. The Morgan fingerprint density at radius 2 is 1.81 bits per heavy atom. The molecule has 0 saturated carbocycles. The highest BCUT2D eigenvalue weighted by molar-refractivity contribution is 5.99. The van der Waals surface area contributed by atoms with Gasteiger partial charge in [-0.2, -0.15) is 0 Å². The first kappa shape index (κ1) is 17.4. The lowest BCUT2D eigenvalue weighted by molar-refractivity contribution is -0.123. The summed E-state index contributed by atoms with van der Waals surface area (Å²) in [5.74, 6) is -2.18. The van der Waals surface area contributed by atoms with E-state index in [1.807, 2.05) is 0 Å². The Balaban J connectivity index is 1.58. The van der Waals surface area contributed by atoms with Gasteiger partial charge in [0.25, 0.3) is 5.91 Å². The maximum Gasteiger partial charge on any atom is 0.305 e. The molecule has 0 aliphatic carbocycles. The van der Waals surface area contributed by atoms with Crippen LogP contribution in [0.3, 0.4) is 0 Å². The van der Waals surface area contributed by atoms with Crippen molar-refractivity contribution in [3.8, 4) is 5.75 Å². The molecule has 0 spiro atoms. The van der Waals surface area contributed by atoms with Gasteiger partial charge in [-0.3, -0.25) is 20.4 Å². The molecular weight excluding hydrogens is 346 g/mol. The molecule has 1 aromatic heterocycles. The highest BCUT2D eigenvalue weighted by Gasteiger charge is 2.19. The molecule has 26 heavy (non-hydrogen) atoms. The third-order valence-corrected chi connectivity index (χ3v) is 3.62. The molecule has 134 valence electrons. The maximum absolute atomic E-state index is 13.7. The van der Waals surface area contributed by atoms with Crippen LogP contribution in [0.25, 0.3) is 11.0 Å². The van der Waals surface area contributed by atoms with Gasteiger partial charge in [0, 0.05) is 10.9 Å². The van der Waals surface area contributed by atoms with E-state index in [0.29, 0.717) is 16.7 Å². The largest absolute Gasteiger partial charge is 0.484 e. The van der Waals surface area contributed by atoms with E-state index in [1.165, 1.54) is 36.4 Å². The molecule has 0 aliphatic heterocycles. The summed E-state index contributed by atoms with van der Waals surface area (Å²) in [4.78, 5) is 23.9. The highest BCUT2D eigenvalue weighted by Crippen LogP contribution is 2.27. The number of ether oxygens (including phenoxy) is 1. The number of amides is 2. The van der Waals surface area contributed by atoms with Gasteiger partial charge in [-0.05, 0) is 37.3 Å². The molecule has 0 atom stereocenters. The number of carbonyl (C=O) groups is 2. The minimum Gasteiger partial charge on any atom is -0.484 e.